The number of halogens is 3. The standard InChI is InChI=1S/C28H22F3N5O3S2/c1-17-35-36-27(41-17)34-24(37)16-40-21-13-11-20(12-14-21)32-26(39)23(33-25(38)18-7-3-2-4-8-18)15-19-9-5-6-10-22(19)28(29,30)31/h2-15H,16H2,1H3,(H,32,39)(H,33,38)(H,34,36,37). The maximum Gasteiger partial charge on any atom is 0.416 e. The van der Waals surface area contributed by atoms with Crippen LogP contribution in [0.4, 0.5) is 24.0 Å². The van der Waals surface area contributed by atoms with E-state index in [1.807, 2.05) is 0 Å². The first-order chi connectivity index (χ1) is 19.6. The molecule has 41 heavy (non-hydrogen) atoms. The second-order valence-corrected chi connectivity index (χ2v) is 10.6. The molecule has 8 nitrogen and oxygen atoms in total. The van der Waals surface area contributed by atoms with Crippen molar-refractivity contribution in [3.63, 3.8) is 0 Å². The largest absolute Gasteiger partial charge is 0.416 e. The average molecular weight is 598 g/mol. The molecule has 0 spiro atoms. The van der Waals surface area contributed by atoms with Crippen LogP contribution in [0.3, 0.4) is 0 Å². The molecule has 210 valence electrons. The van der Waals surface area contributed by atoms with Crippen LogP contribution in [-0.4, -0.2) is 33.7 Å². The summed E-state index contributed by atoms with van der Waals surface area (Å²) in [5.41, 5.74) is -1.06. The summed E-state index contributed by atoms with van der Waals surface area (Å²) in [5, 5.41) is 16.5. The van der Waals surface area contributed by atoms with E-state index in [0.29, 0.717) is 10.8 Å². The van der Waals surface area contributed by atoms with Crippen molar-refractivity contribution in [1.82, 2.24) is 15.5 Å². The van der Waals surface area contributed by atoms with Crippen molar-refractivity contribution in [2.24, 2.45) is 0 Å². The fraction of sp³-hybridized carbons (Fsp3) is 0.107. The molecule has 0 aliphatic carbocycles. The number of anilines is 2. The molecule has 0 saturated carbocycles. The third-order valence-corrected chi connectivity index (χ3v) is 7.12. The predicted molar refractivity (Wildman–Crippen MR) is 152 cm³/mol. The van der Waals surface area contributed by atoms with Crippen LogP contribution in [0.1, 0.15) is 26.5 Å². The van der Waals surface area contributed by atoms with Crippen molar-refractivity contribution < 1.29 is 27.6 Å². The van der Waals surface area contributed by atoms with E-state index in [-0.39, 0.29) is 28.5 Å². The van der Waals surface area contributed by atoms with Gasteiger partial charge in [0.25, 0.3) is 11.8 Å². The van der Waals surface area contributed by atoms with Gasteiger partial charge in [0.15, 0.2) is 0 Å². The van der Waals surface area contributed by atoms with Gasteiger partial charge in [-0.2, -0.15) is 13.2 Å². The van der Waals surface area contributed by atoms with Crippen LogP contribution < -0.4 is 16.0 Å². The van der Waals surface area contributed by atoms with Gasteiger partial charge in [-0.3, -0.25) is 19.7 Å². The lowest BCUT2D eigenvalue weighted by molar-refractivity contribution is -0.137. The van der Waals surface area contributed by atoms with E-state index in [2.05, 4.69) is 26.1 Å². The molecule has 0 atom stereocenters. The van der Waals surface area contributed by atoms with Crippen molar-refractivity contribution in [1.29, 1.82) is 0 Å². The second kappa shape index (κ2) is 13.2. The molecule has 0 fully saturated rings. The lowest BCUT2D eigenvalue weighted by Crippen LogP contribution is -2.30. The van der Waals surface area contributed by atoms with E-state index in [9.17, 15) is 27.6 Å². The summed E-state index contributed by atoms with van der Waals surface area (Å²) in [5.74, 6) is -1.63. The Morgan fingerprint density at radius 1 is 0.902 bits per heavy atom. The molecule has 3 N–H and O–H groups in total. The van der Waals surface area contributed by atoms with Gasteiger partial charge in [-0.1, -0.05) is 47.7 Å². The molecule has 0 radical (unpaired) electrons. The molecule has 0 aliphatic rings. The van der Waals surface area contributed by atoms with Crippen molar-refractivity contribution >= 4 is 57.7 Å². The number of thioether (sulfide) groups is 1. The lowest BCUT2D eigenvalue weighted by atomic mass is 10.1. The van der Waals surface area contributed by atoms with Crippen LogP contribution in [0.15, 0.2) is 89.5 Å². The summed E-state index contributed by atoms with van der Waals surface area (Å²) in [7, 11) is 0. The Morgan fingerprint density at radius 2 is 1.59 bits per heavy atom. The van der Waals surface area contributed by atoms with E-state index >= 15 is 0 Å². The molecule has 13 heteroatoms. The molecule has 0 bridgehead atoms. The maximum absolute atomic E-state index is 13.6. The molecule has 4 rings (SSSR count). The van der Waals surface area contributed by atoms with Crippen LogP contribution in [-0.2, 0) is 15.8 Å². The first kappa shape index (κ1) is 29.5. The van der Waals surface area contributed by atoms with Gasteiger partial charge in [0.2, 0.25) is 11.0 Å². The summed E-state index contributed by atoms with van der Waals surface area (Å²) >= 11 is 2.52. The monoisotopic (exact) mass is 597 g/mol. The van der Waals surface area contributed by atoms with E-state index in [1.54, 1.807) is 49.4 Å². The highest BCUT2D eigenvalue weighted by Crippen LogP contribution is 2.33. The average Bonchev–Trinajstić information content (AvgIpc) is 3.36. The topological polar surface area (TPSA) is 113 Å². The van der Waals surface area contributed by atoms with E-state index in [0.717, 1.165) is 22.0 Å². The molecule has 3 aromatic carbocycles. The van der Waals surface area contributed by atoms with Gasteiger partial charge in [0.1, 0.15) is 10.7 Å². The van der Waals surface area contributed by atoms with Gasteiger partial charge in [0.05, 0.1) is 11.3 Å². The van der Waals surface area contributed by atoms with Crippen LogP contribution in [0.25, 0.3) is 6.08 Å². The highest BCUT2D eigenvalue weighted by Gasteiger charge is 2.32. The minimum atomic E-state index is -4.67. The summed E-state index contributed by atoms with van der Waals surface area (Å²) < 4.78 is 40.8. The lowest BCUT2D eigenvalue weighted by Gasteiger charge is -2.14. The number of amides is 3. The number of carbonyl (C=O) groups excluding carboxylic acids is 3. The van der Waals surface area contributed by atoms with Crippen LogP contribution in [0.5, 0.6) is 0 Å². The van der Waals surface area contributed by atoms with Gasteiger partial charge >= 0.3 is 6.18 Å². The van der Waals surface area contributed by atoms with Gasteiger partial charge in [0, 0.05) is 16.1 Å². The Bertz CT molecular complexity index is 1570. The minimum absolute atomic E-state index is 0.112. The van der Waals surface area contributed by atoms with Gasteiger partial charge in [-0.25, -0.2) is 0 Å². The first-order valence-corrected chi connectivity index (χ1v) is 13.8. The smallest absolute Gasteiger partial charge is 0.321 e. The Morgan fingerprint density at radius 3 is 2.24 bits per heavy atom. The van der Waals surface area contributed by atoms with Crippen LogP contribution >= 0.6 is 23.1 Å². The summed E-state index contributed by atoms with van der Waals surface area (Å²) in [4.78, 5) is 38.8. The molecule has 0 unspecified atom stereocenters. The van der Waals surface area contributed by atoms with E-state index in [4.69, 9.17) is 0 Å². The van der Waals surface area contributed by atoms with Crippen molar-refractivity contribution in [3.8, 4) is 0 Å². The Kier molecular flexibility index (Phi) is 9.53. The third kappa shape index (κ3) is 8.50. The molecule has 0 saturated heterocycles. The molecular weight excluding hydrogens is 575 g/mol. The van der Waals surface area contributed by atoms with E-state index in [1.165, 1.54) is 53.4 Å². The zero-order valence-electron chi connectivity index (χ0n) is 21.4. The third-order valence-electron chi connectivity index (χ3n) is 5.35. The van der Waals surface area contributed by atoms with Gasteiger partial charge in [-0.15, -0.1) is 22.0 Å². The summed E-state index contributed by atoms with van der Waals surface area (Å²) in [6.07, 6.45) is -3.68. The van der Waals surface area contributed by atoms with Crippen LogP contribution in [0, 0.1) is 6.92 Å². The molecule has 4 aromatic rings. The minimum Gasteiger partial charge on any atom is -0.321 e. The number of aryl methyl sites for hydroxylation is 1. The number of aromatic nitrogens is 2. The SMILES string of the molecule is Cc1nnc(NC(=O)CSc2ccc(NC(=O)C(=Cc3ccccc3C(F)(F)F)NC(=O)c3ccccc3)cc2)s1. The maximum atomic E-state index is 13.6. The highest BCUT2D eigenvalue weighted by molar-refractivity contribution is 8.00. The molecule has 0 aliphatic heterocycles. The Hall–Kier alpha value is -4.49. The van der Waals surface area contributed by atoms with E-state index < -0.39 is 23.6 Å². The number of alkyl halides is 3. The number of benzene rings is 3. The fourth-order valence-corrected chi connectivity index (χ4v) is 4.77. The Labute approximate surface area is 241 Å². The summed E-state index contributed by atoms with van der Waals surface area (Å²) in [6, 6.07) is 19.2. The number of nitrogens with one attached hydrogen (secondary N) is 3. The second-order valence-electron chi connectivity index (χ2n) is 8.40. The van der Waals surface area contributed by atoms with Crippen LogP contribution in [0.2, 0.25) is 0 Å². The first-order valence-electron chi connectivity index (χ1n) is 12.0. The van der Waals surface area contributed by atoms with Crippen molar-refractivity contribution in [3.05, 3.63) is 106 Å². The van der Waals surface area contributed by atoms with Gasteiger partial charge < -0.3 is 10.6 Å². The molecule has 1 heterocycles. The number of rotatable bonds is 9. The quantitative estimate of drug-likeness (QED) is 0.161. The zero-order valence-corrected chi connectivity index (χ0v) is 23.0. The van der Waals surface area contributed by atoms with Crippen molar-refractivity contribution in [2.45, 2.75) is 18.0 Å². The number of hydrogen-bond acceptors (Lipinski definition) is 7. The molecule has 3 amide bonds. The molecule has 1 aromatic heterocycles. The fourth-order valence-electron chi connectivity index (χ4n) is 3.46. The molecular formula is C28H22F3N5O3S2. The highest BCUT2D eigenvalue weighted by atomic mass is 32.2. The summed E-state index contributed by atoms with van der Waals surface area (Å²) in [6.45, 7) is 1.78. The number of carbonyl (C=O) groups is 3. The Balaban J connectivity index is 1.48. The normalized spacial score (nSPS) is 11.6. The number of nitrogens with zero attached hydrogens (tertiary/aromatic N) is 2. The van der Waals surface area contributed by atoms with Crippen molar-refractivity contribution in [2.75, 3.05) is 16.4 Å². The number of hydrogen-bond donors (Lipinski definition) is 3. The van der Waals surface area contributed by atoms with Gasteiger partial charge in [-0.05, 0) is 61.0 Å². The zero-order chi connectivity index (χ0) is 29.4. The predicted octanol–water partition coefficient (Wildman–Crippen LogP) is 6.01.